The number of halogens is 1. The first kappa shape index (κ1) is 28.0. The van der Waals surface area contributed by atoms with Crippen LogP contribution in [0.5, 0.6) is 0 Å². The number of hydrogen-bond donors (Lipinski definition) is 1. The highest BCUT2D eigenvalue weighted by Gasteiger charge is 2.32. The third-order valence-electron chi connectivity index (χ3n) is 8.64. The number of piperidine rings is 1. The molecule has 1 aliphatic carbocycles. The molecule has 1 aromatic carbocycles. The van der Waals surface area contributed by atoms with Crippen molar-refractivity contribution in [1.82, 2.24) is 24.4 Å². The zero-order valence-electron chi connectivity index (χ0n) is 23.4. The highest BCUT2D eigenvalue weighted by molar-refractivity contribution is 7.90. The Hall–Kier alpha value is -3.09. The third-order valence-corrected chi connectivity index (χ3v) is 9.90. The number of carbonyl (C=O) groups excluding carboxylic acids is 1. The minimum absolute atomic E-state index is 0.0170. The van der Waals surface area contributed by atoms with Gasteiger partial charge in [-0.15, -0.1) is 0 Å². The second kappa shape index (κ2) is 11.7. The summed E-state index contributed by atoms with van der Waals surface area (Å²) in [6, 6.07) is 7.75. The van der Waals surface area contributed by atoms with Crippen LogP contribution in [0.2, 0.25) is 0 Å². The number of fused-ring (bicyclic) bond motifs is 1. The minimum Gasteiger partial charge on any atom is -0.379 e. The molecule has 4 heterocycles. The van der Waals surface area contributed by atoms with Crippen molar-refractivity contribution in [2.24, 2.45) is 5.92 Å². The average molecular weight is 585 g/mol. The molecule has 0 radical (unpaired) electrons. The van der Waals surface area contributed by atoms with Gasteiger partial charge in [0.2, 0.25) is 10.0 Å². The molecule has 6 rings (SSSR count). The molecular formula is C29H37FN6O4S. The zero-order valence-corrected chi connectivity index (χ0v) is 24.2. The van der Waals surface area contributed by atoms with E-state index in [0.717, 1.165) is 94.8 Å². The van der Waals surface area contributed by atoms with Crippen LogP contribution < -0.4 is 9.62 Å². The molecule has 41 heavy (non-hydrogen) atoms. The number of benzene rings is 1. The van der Waals surface area contributed by atoms with E-state index in [0.29, 0.717) is 17.3 Å². The molecule has 3 aromatic rings. The maximum absolute atomic E-state index is 13.8. The van der Waals surface area contributed by atoms with Crippen LogP contribution in [0.25, 0.3) is 16.7 Å². The number of pyridine rings is 1. The number of anilines is 1. The molecule has 0 unspecified atom stereocenters. The van der Waals surface area contributed by atoms with E-state index in [4.69, 9.17) is 9.84 Å². The van der Waals surface area contributed by atoms with Gasteiger partial charge in [-0.1, -0.05) is 6.42 Å². The van der Waals surface area contributed by atoms with Gasteiger partial charge >= 0.3 is 0 Å². The number of nitrogens with zero attached hydrogens (tertiary/aromatic N) is 5. The van der Waals surface area contributed by atoms with Crippen LogP contribution in [0.3, 0.4) is 0 Å². The Balaban J connectivity index is 1.40. The van der Waals surface area contributed by atoms with Crippen LogP contribution in [0, 0.1) is 11.7 Å². The van der Waals surface area contributed by atoms with E-state index in [2.05, 4.69) is 19.5 Å². The van der Waals surface area contributed by atoms with Crippen LogP contribution in [-0.2, 0) is 14.8 Å². The molecule has 12 heteroatoms. The first-order valence-corrected chi connectivity index (χ1v) is 16.3. The molecular weight excluding hydrogens is 547 g/mol. The van der Waals surface area contributed by atoms with Gasteiger partial charge in [0.05, 0.1) is 41.4 Å². The van der Waals surface area contributed by atoms with Crippen LogP contribution in [0.15, 0.2) is 30.3 Å². The molecule has 2 aromatic heterocycles. The van der Waals surface area contributed by atoms with Crippen molar-refractivity contribution >= 4 is 32.7 Å². The first-order valence-electron chi connectivity index (χ1n) is 14.6. The van der Waals surface area contributed by atoms with Crippen LogP contribution >= 0.6 is 0 Å². The van der Waals surface area contributed by atoms with Crippen molar-refractivity contribution in [1.29, 1.82) is 0 Å². The summed E-state index contributed by atoms with van der Waals surface area (Å²) in [5.74, 6) is -0.493. The Bertz CT molecular complexity index is 1510. The number of ether oxygens (including phenoxy) is 1. The standard InChI is InChI=1S/C29H37FN6O4S/c1-2-41(38,39)33-29(37)24-18-25(35-12-10-20(11-13-35)19-34-14-16-40-17-15-34)26-27(21-4-3-5-21)32-36(28(26)31-24)23-8-6-22(30)7-9-23/h6-9,18,20-21H,2-5,10-17,19H2,1H3,(H,33,37). The summed E-state index contributed by atoms with van der Waals surface area (Å²) in [5.41, 5.74) is 2.91. The molecule has 2 aliphatic heterocycles. The number of hydrogen-bond acceptors (Lipinski definition) is 8. The Morgan fingerprint density at radius 3 is 2.41 bits per heavy atom. The summed E-state index contributed by atoms with van der Waals surface area (Å²) in [4.78, 5) is 22.7. The number of morpholine rings is 1. The lowest BCUT2D eigenvalue weighted by molar-refractivity contribution is 0.0289. The highest BCUT2D eigenvalue weighted by atomic mass is 32.2. The summed E-state index contributed by atoms with van der Waals surface area (Å²) in [6.45, 7) is 7.68. The average Bonchev–Trinajstić information content (AvgIpc) is 3.32. The second-order valence-corrected chi connectivity index (χ2v) is 13.3. The van der Waals surface area contributed by atoms with Crippen molar-refractivity contribution in [2.45, 2.75) is 44.9 Å². The number of carbonyl (C=O) groups is 1. The number of aromatic nitrogens is 3. The summed E-state index contributed by atoms with van der Waals surface area (Å²) >= 11 is 0. The Morgan fingerprint density at radius 1 is 1.07 bits per heavy atom. The normalized spacial score (nSPS) is 19.4. The van der Waals surface area contributed by atoms with Gasteiger partial charge in [0.25, 0.3) is 5.91 Å². The second-order valence-electron chi connectivity index (χ2n) is 11.3. The Morgan fingerprint density at radius 2 is 1.78 bits per heavy atom. The van der Waals surface area contributed by atoms with Crippen molar-refractivity contribution in [3.63, 3.8) is 0 Å². The van der Waals surface area contributed by atoms with Gasteiger partial charge in [-0.2, -0.15) is 5.10 Å². The predicted octanol–water partition coefficient (Wildman–Crippen LogP) is 3.46. The third kappa shape index (κ3) is 5.96. The predicted molar refractivity (Wildman–Crippen MR) is 155 cm³/mol. The van der Waals surface area contributed by atoms with Gasteiger partial charge in [0, 0.05) is 38.6 Å². The van der Waals surface area contributed by atoms with E-state index in [1.54, 1.807) is 22.9 Å². The van der Waals surface area contributed by atoms with Crippen molar-refractivity contribution < 1.29 is 22.3 Å². The first-order chi connectivity index (χ1) is 19.8. The van der Waals surface area contributed by atoms with E-state index < -0.39 is 15.9 Å². The fourth-order valence-electron chi connectivity index (χ4n) is 5.99. The lowest BCUT2D eigenvalue weighted by atomic mass is 9.81. The highest BCUT2D eigenvalue weighted by Crippen LogP contribution is 2.43. The molecule has 0 spiro atoms. The Labute approximate surface area is 239 Å². The summed E-state index contributed by atoms with van der Waals surface area (Å²) in [7, 11) is -3.78. The summed E-state index contributed by atoms with van der Waals surface area (Å²) in [6.07, 6.45) is 5.19. The molecule has 1 N–H and O–H groups in total. The number of sulfonamides is 1. The van der Waals surface area contributed by atoms with E-state index in [-0.39, 0.29) is 23.2 Å². The summed E-state index contributed by atoms with van der Waals surface area (Å²) in [5, 5.41) is 5.88. The van der Waals surface area contributed by atoms with Gasteiger partial charge in [-0.05, 0) is 68.9 Å². The minimum atomic E-state index is -3.78. The molecule has 2 saturated heterocycles. The van der Waals surface area contributed by atoms with Crippen LogP contribution in [-0.4, -0.2) is 85.7 Å². The van der Waals surface area contributed by atoms with E-state index in [1.165, 1.54) is 19.1 Å². The zero-order chi connectivity index (χ0) is 28.6. The number of rotatable bonds is 8. The van der Waals surface area contributed by atoms with Gasteiger partial charge in [0.1, 0.15) is 11.5 Å². The van der Waals surface area contributed by atoms with E-state index >= 15 is 0 Å². The van der Waals surface area contributed by atoms with Crippen molar-refractivity contribution in [3.8, 4) is 5.69 Å². The van der Waals surface area contributed by atoms with Gasteiger partial charge in [-0.25, -0.2) is 27.2 Å². The number of nitrogens with one attached hydrogen (secondary N) is 1. The maximum Gasteiger partial charge on any atom is 0.283 e. The van der Waals surface area contributed by atoms with E-state index in [9.17, 15) is 17.6 Å². The quantitative estimate of drug-likeness (QED) is 0.429. The van der Waals surface area contributed by atoms with Gasteiger partial charge in [0.15, 0.2) is 5.65 Å². The van der Waals surface area contributed by atoms with Crippen molar-refractivity contribution in [3.05, 3.63) is 47.5 Å². The lowest BCUT2D eigenvalue weighted by Gasteiger charge is -2.37. The van der Waals surface area contributed by atoms with E-state index in [1.807, 2.05) is 0 Å². The molecule has 3 aliphatic rings. The topological polar surface area (TPSA) is 110 Å². The summed E-state index contributed by atoms with van der Waals surface area (Å²) < 4.78 is 47.6. The molecule has 1 saturated carbocycles. The molecule has 3 fully saturated rings. The molecule has 0 atom stereocenters. The molecule has 220 valence electrons. The lowest BCUT2D eigenvalue weighted by Crippen LogP contribution is -2.43. The fourth-order valence-corrected chi connectivity index (χ4v) is 6.52. The molecule has 0 bridgehead atoms. The fraction of sp³-hybridized carbons (Fsp3) is 0.552. The largest absolute Gasteiger partial charge is 0.379 e. The monoisotopic (exact) mass is 584 g/mol. The smallest absolute Gasteiger partial charge is 0.283 e. The van der Waals surface area contributed by atoms with Crippen LogP contribution in [0.4, 0.5) is 10.1 Å². The van der Waals surface area contributed by atoms with Crippen LogP contribution in [0.1, 0.15) is 61.1 Å². The molecule has 1 amide bonds. The number of amides is 1. The Kier molecular flexibility index (Phi) is 7.97. The van der Waals surface area contributed by atoms with Gasteiger partial charge in [-0.3, -0.25) is 9.69 Å². The van der Waals surface area contributed by atoms with Crippen molar-refractivity contribution in [2.75, 3.05) is 56.6 Å². The molecule has 10 nitrogen and oxygen atoms in total. The van der Waals surface area contributed by atoms with Gasteiger partial charge < -0.3 is 9.64 Å². The SMILES string of the molecule is CCS(=O)(=O)NC(=O)c1cc(N2CCC(CN3CCOCC3)CC2)c2c(C3CCC3)nn(-c3ccc(F)cc3)c2n1. The maximum atomic E-state index is 13.8.